The number of imide groups is 1. The van der Waals surface area contributed by atoms with Gasteiger partial charge in [-0.25, -0.2) is 5.10 Å². The third-order valence-electron chi connectivity index (χ3n) is 5.87. The molecule has 2 aromatic rings. The highest BCUT2D eigenvalue weighted by Gasteiger charge is 2.59. The third kappa shape index (κ3) is 3.41. The van der Waals surface area contributed by atoms with E-state index in [1.807, 2.05) is 36.4 Å². The molecule has 0 unspecified atom stereocenters. The van der Waals surface area contributed by atoms with Gasteiger partial charge in [-0.15, -0.1) is 5.10 Å². The average molecular weight is 444 g/mol. The van der Waals surface area contributed by atoms with Crippen LogP contribution in [0.1, 0.15) is 12.0 Å². The number of nitrogens with one attached hydrogen (secondary N) is 2. The number of rotatable bonds is 6. The fourth-order valence-corrected chi connectivity index (χ4v) is 5.41. The van der Waals surface area contributed by atoms with E-state index in [0.717, 1.165) is 16.9 Å². The zero-order chi connectivity index (χ0) is 20.8. The molecule has 5 rings (SSSR count). The van der Waals surface area contributed by atoms with E-state index in [9.17, 15) is 14.4 Å². The molecule has 2 N–H and O–H groups in total. The Kier molecular flexibility index (Phi) is 4.86. The van der Waals surface area contributed by atoms with Gasteiger partial charge < -0.3 is 0 Å². The lowest BCUT2D eigenvalue weighted by Crippen LogP contribution is -2.39. The van der Waals surface area contributed by atoms with Crippen LogP contribution in [0.5, 0.6) is 0 Å². The fraction of sp³-hybridized carbons (Fsp3) is 0.350. The summed E-state index contributed by atoms with van der Waals surface area (Å²) in [5, 5.41) is 10.5. The van der Waals surface area contributed by atoms with E-state index < -0.39 is 5.91 Å². The minimum atomic E-state index is -0.484. The number of carbonyl (C=O) groups excluding carboxylic acids is 3. The monoisotopic (exact) mass is 443 g/mol. The third-order valence-corrected chi connectivity index (χ3v) is 7.04. The zero-order valence-corrected chi connectivity index (χ0v) is 17.3. The molecule has 0 radical (unpaired) electrons. The van der Waals surface area contributed by atoms with Crippen molar-refractivity contribution < 1.29 is 14.4 Å². The van der Waals surface area contributed by atoms with Crippen LogP contribution in [0.4, 0.5) is 5.95 Å². The first-order chi connectivity index (χ1) is 14.5. The van der Waals surface area contributed by atoms with Gasteiger partial charge in [-0.2, -0.15) is 4.98 Å². The SMILES string of the molecule is O=C(CN1C(=O)[C@@H]2[C@H](C1=O)[C@H]1C=C[C@H]2C1)Nc1nc(SCc2ccc(Cl)cc2)n[nH]1. The second-order valence-corrected chi connectivity index (χ2v) is 9.07. The van der Waals surface area contributed by atoms with Crippen molar-refractivity contribution in [2.75, 3.05) is 11.9 Å². The maximum Gasteiger partial charge on any atom is 0.246 e. The summed E-state index contributed by atoms with van der Waals surface area (Å²) in [7, 11) is 0. The van der Waals surface area contributed by atoms with Crippen molar-refractivity contribution in [1.29, 1.82) is 0 Å². The lowest BCUT2D eigenvalue weighted by molar-refractivity contribution is -0.143. The molecule has 154 valence electrons. The van der Waals surface area contributed by atoms with Gasteiger partial charge in [0.1, 0.15) is 6.54 Å². The zero-order valence-electron chi connectivity index (χ0n) is 15.7. The van der Waals surface area contributed by atoms with E-state index in [1.165, 1.54) is 11.8 Å². The molecule has 2 heterocycles. The van der Waals surface area contributed by atoms with Gasteiger partial charge in [-0.1, -0.05) is 47.6 Å². The van der Waals surface area contributed by atoms with Crippen molar-refractivity contribution in [2.45, 2.75) is 17.3 Å². The molecule has 30 heavy (non-hydrogen) atoms. The number of likely N-dealkylation sites (tertiary alicyclic amines) is 1. The number of aromatic nitrogens is 3. The molecular formula is C20H18ClN5O3S. The first-order valence-corrected chi connectivity index (χ1v) is 11.0. The molecule has 2 bridgehead atoms. The number of thioether (sulfide) groups is 1. The van der Waals surface area contributed by atoms with Gasteiger partial charge in [0.25, 0.3) is 0 Å². The number of hydrogen-bond acceptors (Lipinski definition) is 6. The highest BCUT2D eigenvalue weighted by molar-refractivity contribution is 7.98. The minimum absolute atomic E-state index is 0.124. The lowest BCUT2D eigenvalue weighted by Gasteiger charge is -2.16. The molecule has 2 aliphatic carbocycles. The normalized spacial score (nSPS) is 26.5. The Morgan fingerprint density at radius 3 is 2.50 bits per heavy atom. The van der Waals surface area contributed by atoms with E-state index in [0.29, 0.717) is 15.9 Å². The predicted molar refractivity (Wildman–Crippen MR) is 110 cm³/mol. The Morgan fingerprint density at radius 2 is 1.83 bits per heavy atom. The highest BCUT2D eigenvalue weighted by Crippen LogP contribution is 2.52. The molecule has 2 fully saturated rings. The molecule has 8 nitrogen and oxygen atoms in total. The second-order valence-electron chi connectivity index (χ2n) is 7.69. The van der Waals surface area contributed by atoms with Gasteiger partial charge in [0.15, 0.2) is 0 Å². The van der Waals surface area contributed by atoms with Gasteiger partial charge in [0.2, 0.25) is 28.8 Å². The Balaban J connectivity index is 1.16. The minimum Gasteiger partial charge on any atom is -0.293 e. The van der Waals surface area contributed by atoms with Gasteiger partial charge >= 0.3 is 0 Å². The summed E-state index contributed by atoms with van der Waals surface area (Å²) in [6.07, 6.45) is 4.91. The number of allylic oxidation sites excluding steroid dienone is 2. The molecule has 1 aliphatic heterocycles. The summed E-state index contributed by atoms with van der Waals surface area (Å²) >= 11 is 7.28. The molecule has 1 aromatic heterocycles. The maximum atomic E-state index is 12.7. The van der Waals surface area contributed by atoms with Crippen LogP contribution in [-0.2, 0) is 20.1 Å². The first kappa shape index (κ1) is 19.3. The quantitative estimate of drug-likeness (QED) is 0.403. The number of halogens is 1. The van der Waals surface area contributed by atoms with Crippen LogP contribution < -0.4 is 5.32 Å². The molecular weight excluding hydrogens is 426 g/mol. The van der Waals surface area contributed by atoms with Crippen molar-refractivity contribution in [3.63, 3.8) is 0 Å². The molecule has 0 spiro atoms. The first-order valence-electron chi connectivity index (χ1n) is 9.62. The standard InChI is InChI=1S/C20H18ClN5O3S/c21-13-5-1-10(2-6-13)9-30-20-23-19(24-25-20)22-14(27)8-26-17(28)15-11-3-4-12(7-11)16(15)18(26)29/h1-6,11-12,15-16H,7-9H2,(H2,22,23,24,25,27)/t11-,12-,15-,16+/m0/s1. The fourth-order valence-electron chi connectivity index (χ4n) is 4.53. The highest BCUT2D eigenvalue weighted by atomic mass is 35.5. The second kappa shape index (κ2) is 7.55. The molecule has 3 aliphatic rings. The Bertz CT molecular complexity index is 1020. The Labute approximate surface area is 181 Å². The smallest absolute Gasteiger partial charge is 0.246 e. The summed E-state index contributed by atoms with van der Waals surface area (Å²) in [4.78, 5) is 43.0. The van der Waals surface area contributed by atoms with Gasteiger partial charge in [0, 0.05) is 10.8 Å². The summed E-state index contributed by atoms with van der Waals surface area (Å²) in [5.41, 5.74) is 1.07. The van der Waals surface area contributed by atoms with Gasteiger partial charge in [-0.05, 0) is 36.0 Å². The maximum absolute atomic E-state index is 12.7. The van der Waals surface area contributed by atoms with Crippen LogP contribution in [0, 0.1) is 23.7 Å². The van der Waals surface area contributed by atoms with Crippen LogP contribution in [0.15, 0.2) is 41.6 Å². The van der Waals surface area contributed by atoms with E-state index in [2.05, 4.69) is 20.5 Å². The summed E-state index contributed by atoms with van der Waals surface area (Å²) in [5.74, 6) is -0.497. The average Bonchev–Trinajstić information content (AvgIpc) is 3.49. The molecule has 4 atom stereocenters. The molecule has 1 saturated heterocycles. The number of benzene rings is 1. The summed E-state index contributed by atoms with van der Waals surface area (Å²) < 4.78 is 0. The topological polar surface area (TPSA) is 108 Å². The van der Waals surface area contributed by atoms with Gasteiger partial charge in [0.05, 0.1) is 11.8 Å². The number of aromatic amines is 1. The van der Waals surface area contributed by atoms with Crippen LogP contribution in [-0.4, -0.2) is 44.3 Å². The van der Waals surface area contributed by atoms with Crippen molar-refractivity contribution in [3.8, 4) is 0 Å². The predicted octanol–water partition coefficient (Wildman–Crippen LogP) is 2.50. The molecule has 1 aromatic carbocycles. The number of anilines is 1. The molecule has 1 saturated carbocycles. The number of carbonyl (C=O) groups is 3. The number of fused-ring (bicyclic) bond motifs is 5. The van der Waals surface area contributed by atoms with Crippen LogP contribution in [0.25, 0.3) is 0 Å². The van der Waals surface area contributed by atoms with E-state index in [-0.39, 0.29) is 48.0 Å². The van der Waals surface area contributed by atoms with Crippen LogP contribution in [0.3, 0.4) is 0 Å². The van der Waals surface area contributed by atoms with Crippen molar-refractivity contribution in [1.82, 2.24) is 20.1 Å². The Morgan fingerprint density at radius 1 is 1.17 bits per heavy atom. The van der Waals surface area contributed by atoms with Crippen molar-refractivity contribution >= 4 is 47.0 Å². The molecule has 10 heteroatoms. The molecule has 3 amide bonds. The Hall–Kier alpha value is -2.65. The van der Waals surface area contributed by atoms with Crippen molar-refractivity contribution in [3.05, 3.63) is 47.0 Å². The lowest BCUT2D eigenvalue weighted by atomic mass is 9.85. The van der Waals surface area contributed by atoms with E-state index in [4.69, 9.17) is 11.6 Å². The van der Waals surface area contributed by atoms with Crippen molar-refractivity contribution in [2.24, 2.45) is 23.7 Å². The summed E-state index contributed by atoms with van der Waals surface area (Å²) in [6.45, 7) is -0.307. The number of H-pyrrole nitrogens is 1. The number of hydrogen-bond donors (Lipinski definition) is 2. The van der Waals surface area contributed by atoms with E-state index >= 15 is 0 Å². The van der Waals surface area contributed by atoms with Crippen LogP contribution in [0.2, 0.25) is 5.02 Å². The largest absolute Gasteiger partial charge is 0.293 e. The summed E-state index contributed by atoms with van der Waals surface area (Å²) in [6, 6.07) is 7.48. The van der Waals surface area contributed by atoms with Gasteiger partial charge in [-0.3, -0.25) is 24.6 Å². The van der Waals surface area contributed by atoms with Crippen LogP contribution >= 0.6 is 23.4 Å². The number of amides is 3. The van der Waals surface area contributed by atoms with E-state index in [1.54, 1.807) is 0 Å². The number of nitrogens with zero attached hydrogens (tertiary/aromatic N) is 3.